The van der Waals surface area contributed by atoms with Crippen molar-refractivity contribution in [3.8, 4) is 6.07 Å². The van der Waals surface area contributed by atoms with E-state index in [4.69, 9.17) is 11.0 Å². The first kappa shape index (κ1) is 13.4. The molecule has 3 N–H and O–H groups in total. The number of carbonyl (C=O) groups excluding carboxylic acids is 2. The second-order valence-electron chi connectivity index (χ2n) is 3.38. The van der Waals surface area contributed by atoms with Crippen LogP contribution in [0.25, 0.3) is 0 Å². The molecule has 0 aromatic rings. The summed E-state index contributed by atoms with van der Waals surface area (Å²) in [6.45, 7) is 4.40. The van der Waals surface area contributed by atoms with Crippen LogP contribution in [0, 0.1) is 11.3 Å². The fraction of sp³-hybridized carbons (Fsp3) is 0.667. The minimum absolute atomic E-state index is 0.0717. The highest BCUT2D eigenvalue weighted by Crippen LogP contribution is 1.98. The summed E-state index contributed by atoms with van der Waals surface area (Å²) in [5.41, 5.74) is 4.80. The van der Waals surface area contributed by atoms with Gasteiger partial charge in [0, 0.05) is 19.0 Å². The smallest absolute Gasteiger partial charge is 0.318 e. The largest absolute Gasteiger partial charge is 0.351 e. The highest BCUT2D eigenvalue weighted by molar-refractivity contribution is 5.94. The highest BCUT2D eigenvalue weighted by Gasteiger charge is 2.14. The molecule has 0 unspecified atom stereocenters. The number of urea groups is 1. The summed E-state index contributed by atoms with van der Waals surface area (Å²) in [6, 6.07) is 1.28. The topological polar surface area (TPSA) is 99.2 Å². The molecule has 6 heteroatoms. The number of hydrogen-bond donors (Lipinski definition) is 2. The van der Waals surface area contributed by atoms with E-state index in [0.29, 0.717) is 13.0 Å². The molecule has 0 spiro atoms. The van der Waals surface area contributed by atoms with E-state index in [2.05, 4.69) is 0 Å². The normalized spacial score (nSPS) is 10.1. The number of rotatable bonds is 5. The zero-order chi connectivity index (χ0) is 11.8. The third-order valence-electron chi connectivity index (χ3n) is 1.85. The number of carbonyl (C=O) groups is 2. The van der Waals surface area contributed by atoms with Crippen LogP contribution in [0.3, 0.4) is 0 Å². The molecule has 0 aromatic heterocycles. The van der Waals surface area contributed by atoms with Gasteiger partial charge in [0.15, 0.2) is 0 Å². The Morgan fingerprint density at radius 2 is 2.13 bits per heavy atom. The van der Waals surface area contributed by atoms with Gasteiger partial charge < -0.3 is 5.73 Å². The number of hydrogen-bond acceptors (Lipinski definition) is 4. The van der Waals surface area contributed by atoms with E-state index < -0.39 is 11.9 Å². The van der Waals surface area contributed by atoms with E-state index in [1.165, 1.54) is 0 Å². The summed E-state index contributed by atoms with van der Waals surface area (Å²) in [4.78, 5) is 23.4. The molecule has 0 saturated heterocycles. The lowest BCUT2D eigenvalue weighted by atomic mass is 10.3. The fourth-order valence-electron chi connectivity index (χ4n) is 1.07. The van der Waals surface area contributed by atoms with Gasteiger partial charge in [0.2, 0.25) is 5.91 Å². The Hall–Kier alpha value is -1.61. The molecule has 0 radical (unpaired) electrons. The van der Waals surface area contributed by atoms with E-state index in [0.717, 1.165) is 0 Å². The van der Waals surface area contributed by atoms with Gasteiger partial charge in [-0.2, -0.15) is 5.26 Å². The van der Waals surface area contributed by atoms with Crippen LogP contribution in [0.5, 0.6) is 0 Å². The summed E-state index contributed by atoms with van der Waals surface area (Å²) >= 11 is 0. The molecule has 0 fully saturated rings. The van der Waals surface area contributed by atoms with Crippen LogP contribution in [-0.4, -0.2) is 36.0 Å². The Balaban J connectivity index is 4.11. The number of nitriles is 1. The number of nitrogens with one attached hydrogen (secondary N) is 1. The second kappa shape index (κ2) is 6.79. The highest BCUT2D eigenvalue weighted by atomic mass is 16.2. The molecular formula is C9H16N4O2. The monoisotopic (exact) mass is 212 g/mol. The number of nitrogens with zero attached hydrogens (tertiary/aromatic N) is 2. The van der Waals surface area contributed by atoms with Gasteiger partial charge in [-0.25, -0.2) is 4.79 Å². The Labute approximate surface area is 89.0 Å². The van der Waals surface area contributed by atoms with Gasteiger partial charge in [0.25, 0.3) is 0 Å². The lowest BCUT2D eigenvalue weighted by molar-refractivity contribution is -0.121. The molecule has 6 nitrogen and oxygen atoms in total. The van der Waals surface area contributed by atoms with E-state index >= 15 is 0 Å². The van der Waals surface area contributed by atoms with Crippen LogP contribution in [-0.2, 0) is 4.79 Å². The third kappa shape index (κ3) is 6.46. The first-order valence-electron chi connectivity index (χ1n) is 4.67. The first-order chi connectivity index (χ1) is 6.97. The average molecular weight is 212 g/mol. The minimum Gasteiger partial charge on any atom is -0.351 e. The Morgan fingerprint density at radius 3 is 2.53 bits per heavy atom. The molecule has 0 saturated carbocycles. The van der Waals surface area contributed by atoms with Gasteiger partial charge in [0.1, 0.15) is 0 Å². The van der Waals surface area contributed by atoms with Crippen molar-refractivity contribution in [2.75, 3.05) is 13.1 Å². The van der Waals surface area contributed by atoms with Crippen molar-refractivity contribution >= 4 is 11.9 Å². The van der Waals surface area contributed by atoms with Crippen molar-refractivity contribution in [2.24, 2.45) is 5.73 Å². The molecular weight excluding hydrogens is 196 g/mol. The summed E-state index contributed by atoms with van der Waals surface area (Å²) in [6.07, 6.45) is 0.349. The maximum Gasteiger partial charge on any atom is 0.318 e. The molecule has 84 valence electrons. The quantitative estimate of drug-likeness (QED) is 0.659. The summed E-state index contributed by atoms with van der Waals surface area (Å²) in [5.74, 6) is -0.450. The average Bonchev–Trinajstić information content (AvgIpc) is 2.10. The molecule has 0 heterocycles. The minimum atomic E-state index is -0.857. The van der Waals surface area contributed by atoms with Crippen molar-refractivity contribution in [2.45, 2.75) is 26.3 Å². The van der Waals surface area contributed by atoms with Crippen molar-refractivity contribution in [3.63, 3.8) is 0 Å². The maximum absolute atomic E-state index is 11.2. The summed E-state index contributed by atoms with van der Waals surface area (Å²) in [7, 11) is 0. The van der Waals surface area contributed by atoms with Crippen LogP contribution in [0.1, 0.15) is 20.3 Å². The van der Waals surface area contributed by atoms with Crippen molar-refractivity contribution in [1.82, 2.24) is 10.2 Å². The molecule has 0 bridgehead atoms. The fourth-order valence-corrected chi connectivity index (χ4v) is 1.07. The predicted molar refractivity (Wildman–Crippen MR) is 54.7 cm³/mol. The Kier molecular flexibility index (Phi) is 6.06. The maximum atomic E-state index is 11.2. The van der Waals surface area contributed by atoms with E-state index in [1.807, 2.05) is 25.2 Å². The first-order valence-corrected chi connectivity index (χ1v) is 4.67. The number of amides is 3. The molecule has 3 amide bonds. The number of imide groups is 1. The summed E-state index contributed by atoms with van der Waals surface area (Å²) in [5, 5.41) is 10.4. The zero-order valence-electron chi connectivity index (χ0n) is 8.99. The molecule has 0 aliphatic rings. The molecule has 0 aliphatic heterocycles. The molecule has 0 aliphatic carbocycles. The van der Waals surface area contributed by atoms with E-state index in [9.17, 15) is 9.59 Å². The van der Waals surface area contributed by atoms with Crippen molar-refractivity contribution in [3.05, 3.63) is 0 Å². The van der Waals surface area contributed by atoms with Gasteiger partial charge in [-0.05, 0) is 13.8 Å². The van der Waals surface area contributed by atoms with E-state index in [1.54, 1.807) is 4.90 Å². The van der Waals surface area contributed by atoms with Gasteiger partial charge in [-0.15, -0.1) is 0 Å². The number of primary amides is 1. The van der Waals surface area contributed by atoms with Crippen LogP contribution in [0.15, 0.2) is 0 Å². The van der Waals surface area contributed by atoms with Crippen LogP contribution >= 0.6 is 0 Å². The molecule has 15 heavy (non-hydrogen) atoms. The molecule has 0 rings (SSSR count). The van der Waals surface area contributed by atoms with Crippen LogP contribution in [0.4, 0.5) is 4.79 Å². The molecule has 0 aromatic carbocycles. The Bertz CT molecular complexity index is 270. The third-order valence-corrected chi connectivity index (χ3v) is 1.85. The molecule has 0 atom stereocenters. The zero-order valence-corrected chi connectivity index (χ0v) is 8.99. The van der Waals surface area contributed by atoms with E-state index in [-0.39, 0.29) is 12.6 Å². The van der Waals surface area contributed by atoms with Gasteiger partial charge in [0.05, 0.1) is 12.6 Å². The van der Waals surface area contributed by atoms with Gasteiger partial charge in [-0.1, -0.05) is 0 Å². The van der Waals surface area contributed by atoms with Crippen LogP contribution in [0.2, 0.25) is 0 Å². The SMILES string of the molecule is CC(C)N(CCC#N)CC(=O)NC(N)=O. The number of nitrogens with two attached hydrogens (primary N) is 1. The van der Waals surface area contributed by atoms with Crippen molar-refractivity contribution in [1.29, 1.82) is 5.26 Å². The lowest BCUT2D eigenvalue weighted by Gasteiger charge is -2.24. The Morgan fingerprint density at radius 1 is 1.53 bits per heavy atom. The van der Waals surface area contributed by atoms with Crippen molar-refractivity contribution < 1.29 is 9.59 Å². The summed E-state index contributed by atoms with van der Waals surface area (Å²) < 4.78 is 0. The second-order valence-corrected chi connectivity index (χ2v) is 3.38. The van der Waals surface area contributed by atoms with Crippen LogP contribution < -0.4 is 11.1 Å². The lowest BCUT2D eigenvalue weighted by Crippen LogP contribution is -2.44. The van der Waals surface area contributed by atoms with Gasteiger partial charge >= 0.3 is 6.03 Å². The predicted octanol–water partition coefficient (Wildman–Crippen LogP) is -0.195. The standard InChI is InChI=1S/C9H16N4O2/c1-7(2)13(5-3-4-10)6-8(14)12-9(11)15/h7H,3,5-6H2,1-2H3,(H3,11,12,14,15). The van der Waals surface area contributed by atoms with Gasteiger partial charge in [-0.3, -0.25) is 15.0 Å².